The number of carbonyl (C=O) groups is 1. The van der Waals surface area contributed by atoms with Crippen molar-refractivity contribution >= 4 is 53.0 Å². The molecule has 2 aliphatic rings. The van der Waals surface area contributed by atoms with Crippen molar-refractivity contribution in [2.24, 2.45) is 0 Å². The van der Waals surface area contributed by atoms with Crippen molar-refractivity contribution in [2.45, 2.75) is 45.2 Å². The molecular weight excluding hydrogens is 611 g/mol. The first-order chi connectivity index (χ1) is 20.9. The van der Waals surface area contributed by atoms with E-state index in [9.17, 15) is 4.79 Å². The summed E-state index contributed by atoms with van der Waals surface area (Å²) in [7, 11) is 2.18. The molecule has 1 aromatic carbocycles. The molecule has 0 radical (unpaired) electrons. The van der Waals surface area contributed by atoms with E-state index in [0.29, 0.717) is 36.5 Å². The van der Waals surface area contributed by atoms with E-state index in [2.05, 4.69) is 52.3 Å². The lowest BCUT2D eigenvalue weighted by Gasteiger charge is -2.37. The molecule has 1 aliphatic carbocycles. The van der Waals surface area contributed by atoms with E-state index in [1.54, 1.807) is 10.6 Å². The standard InChI is InChI=1S/C33H38N8O2.2ClH/c1-22-20-39(15-14-38(22)3)16-17-43-26-12-13-40-30(19-34-31(40)18-26)33(42)36-28-8-5-9-29-32(28)23(2)37-41(29)21-25-6-4-7-27(35-25)24-10-11-24;;/h4-9,12-13,18-19,22,24H,10-11,14-17,20-21H2,1-3H3,(H,36,42);2*1H/t22-;;/m0../s1. The zero-order chi connectivity index (χ0) is 29.5. The Morgan fingerprint density at radius 2 is 1.91 bits per heavy atom. The molecular formula is C33H40Cl2N8O2. The number of carbonyl (C=O) groups excluding carboxylic acids is 1. The third kappa shape index (κ3) is 6.94. The van der Waals surface area contributed by atoms with Crippen molar-refractivity contribution in [3.63, 3.8) is 0 Å². The highest BCUT2D eigenvalue weighted by molar-refractivity contribution is 6.08. The second-order valence-corrected chi connectivity index (χ2v) is 11.9. The quantitative estimate of drug-likeness (QED) is 0.228. The molecule has 12 heteroatoms. The van der Waals surface area contributed by atoms with Crippen LogP contribution in [0.25, 0.3) is 16.6 Å². The lowest BCUT2D eigenvalue weighted by atomic mass is 10.1. The average Bonchev–Trinajstić information content (AvgIpc) is 3.70. The van der Waals surface area contributed by atoms with Crippen LogP contribution in [0.4, 0.5) is 5.69 Å². The van der Waals surface area contributed by atoms with Gasteiger partial charge in [0.25, 0.3) is 5.91 Å². The van der Waals surface area contributed by atoms with Crippen LogP contribution in [0.5, 0.6) is 5.75 Å². The van der Waals surface area contributed by atoms with Gasteiger partial charge in [-0.1, -0.05) is 12.1 Å². The lowest BCUT2D eigenvalue weighted by Crippen LogP contribution is -2.50. The van der Waals surface area contributed by atoms with Crippen molar-refractivity contribution in [3.8, 4) is 5.75 Å². The fourth-order valence-corrected chi connectivity index (χ4v) is 6.02. The Kier molecular flexibility index (Phi) is 9.98. The number of likely N-dealkylation sites (N-methyl/N-ethyl adjacent to an activating group) is 1. The Hall–Kier alpha value is -3.70. The Morgan fingerprint density at radius 1 is 1.09 bits per heavy atom. The van der Waals surface area contributed by atoms with Crippen molar-refractivity contribution in [1.82, 2.24) is 33.9 Å². The summed E-state index contributed by atoms with van der Waals surface area (Å²) in [5.74, 6) is 1.12. The highest BCUT2D eigenvalue weighted by Crippen LogP contribution is 2.39. The number of benzene rings is 1. The van der Waals surface area contributed by atoms with Crippen molar-refractivity contribution in [3.05, 3.63) is 83.7 Å². The zero-order valence-electron chi connectivity index (χ0n) is 25.8. The van der Waals surface area contributed by atoms with E-state index in [4.69, 9.17) is 14.8 Å². The minimum Gasteiger partial charge on any atom is -0.492 e. The minimum atomic E-state index is -0.233. The Labute approximate surface area is 275 Å². The summed E-state index contributed by atoms with van der Waals surface area (Å²) >= 11 is 0. The summed E-state index contributed by atoms with van der Waals surface area (Å²) in [5.41, 5.74) is 5.82. The summed E-state index contributed by atoms with van der Waals surface area (Å²) in [6.45, 7) is 9.50. The van der Waals surface area contributed by atoms with E-state index >= 15 is 0 Å². The number of rotatable bonds is 9. The molecule has 0 unspecified atom stereocenters. The molecule has 1 saturated carbocycles. The van der Waals surface area contributed by atoms with Crippen LogP contribution >= 0.6 is 24.8 Å². The summed E-state index contributed by atoms with van der Waals surface area (Å²) in [6.07, 6.45) is 5.90. The maximum atomic E-state index is 13.5. The van der Waals surface area contributed by atoms with Gasteiger partial charge in [-0.2, -0.15) is 5.10 Å². The number of piperazine rings is 1. The molecule has 238 valence electrons. The third-order valence-electron chi connectivity index (χ3n) is 8.77. The van der Waals surface area contributed by atoms with Crippen LogP contribution in [0.2, 0.25) is 0 Å². The molecule has 10 nitrogen and oxygen atoms in total. The van der Waals surface area contributed by atoms with Gasteiger partial charge in [0.1, 0.15) is 23.7 Å². The van der Waals surface area contributed by atoms with Gasteiger partial charge < -0.3 is 15.0 Å². The summed E-state index contributed by atoms with van der Waals surface area (Å²) in [6, 6.07) is 16.5. The maximum absolute atomic E-state index is 13.5. The topological polar surface area (TPSA) is 92.8 Å². The SMILES string of the molecule is Cc1nn(Cc2cccc(C3CC3)n2)c2cccc(NC(=O)c3cnc4cc(OCCN5CCN(C)[C@@H](C)C5)ccn34)c12.Cl.Cl. The molecule has 1 saturated heterocycles. The molecule has 4 aromatic heterocycles. The van der Waals surface area contributed by atoms with Gasteiger partial charge in [0.2, 0.25) is 0 Å². The number of amides is 1. The third-order valence-corrected chi connectivity index (χ3v) is 8.77. The molecule has 2 fully saturated rings. The number of aromatic nitrogens is 5. The predicted molar refractivity (Wildman–Crippen MR) is 181 cm³/mol. The van der Waals surface area contributed by atoms with Crippen LogP contribution in [0.15, 0.2) is 60.9 Å². The van der Waals surface area contributed by atoms with Crippen LogP contribution < -0.4 is 10.1 Å². The Morgan fingerprint density at radius 3 is 2.71 bits per heavy atom. The van der Waals surface area contributed by atoms with Gasteiger partial charge in [0, 0.05) is 61.5 Å². The molecule has 7 rings (SSSR count). The van der Waals surface area contributed by atoms with Crippen molar-refractivity contribution in [2.75, 3.05) is 45.2 Å². The Bertz CT molecular complexity index is 1800. The first-order valence-electron chi connectivity index (χ1n) is 15.2. The minimum absolute atomic E-state index is 0. The largest absolute Gasteiger partial charge is 0.492 e. The van der Waals surface area contributed by atoms with Gasteiger partial charge >= 0.3 is 0 Å². The van der Waals surface area contributed by atoms with Gasteiger partial charge in [-0.15, -0.1) is 24.8 Å². The number of anilines is 1. The number of nitrogens with zero attached hydrogens (tertiary/aromatic N) is 7. The summed E-state index contributed by atoms with van der Waals surface area (Å²) in [5, 5.41) is 8.85. The van der Waals surface area contributed by atoms with E-state index in [0.717, 1.165) is 59.9 Å². The van der Waals surface area contributed by atoms with E-state index in [1.807, 2.05) is 48.1 Å². The summed E-state index contributed by atoms with van der Waals surface area (Å²) in [4.78, 5) is 27.7. The molecule has 0 spiro atoms. The highest BCUT2D eigenvalue weighted by atomic mass is 35.5. The molecule has 1 atom stereocenters. The smallest absolute Gasteiger partial charge is 0.274 e. The second kappa shape index (κ2) is 13.7. The molecule has 1 aliphatic heterocycles. The number of hydrogen-bond donors (Lipinski definition) is 1. The van der Waals surface area contributed by atoms with Crippen LogP contribution in [0.1, 0.15) is 53.3 Å². The van der Waals surface area contributed by atoms with E-state index in [1.165, 1.54) is 18.5 Å². The number of imidazole rings is 1. The maximum Gasteiger partial charge on any atom is 0.274 e. The van der Waals surface area contributed by atoms with Crippen molar-refractivity contribution in [1.29, 1.82) is 0 Å². The van der Waals surface area contributed by atoms with Gasteiger partial charge in [0.15, 0.2) is 0 Å². The number of aryl methyl sites for hydroxylation is 1. The number of ether oxygens (including phenoxy) is 1. The summed E-state index contributed by atoms with van der Waals surface area (Å²) < 4.78 is 9.81. The molecule has 0 bridgehead atoms. The number of nitrogens with one attached hydrogen (secondary N) is 1. The normalized spacial score (nSPS) is 17.2. The molecule has 1 N–H and O–H groups in total. The van der Waals surface area contributed by atoms with Gasteiger partial charge in [-0.3, -0.25) is 23.8 Å². The second-order valence-electron chi connectivity index (χ2n) is 11.9. The van der Waals surface area contributed by atoms with Gasteiger partial charge in [-0.05, 0) is 64.1 Å². The van der Waals surface area contributed by atoms with Crippen LogP contribution in [0.3, 0.4) is 0 Å². The van der Waals surface area contributed by atoms with Crippen LogP contribution in [-0.4, -0.2) is 85.7 Å². The molecule has 5 aromatic rings. The van der Waals surface area contributed by atoms with E-state index in [-0.39, 0.29) is 30.7 Å². The fraction of sp³-hybridized carbons (Fsp3) is 0.394. The first kappa shape index (κ1) is 32.7. The van der Waals surface area contributed by atoms with Crippen molar-refractivity contribution < 1.29 is 9.53 Å². The lowest BCUT2D eigenvalue weighted by molar-refractivity contribution is 0.0928. The van der Waals surface area contributed by atoms with Gasteiger partial charge in [0.05, 0.1) is 35.3 Å². The number of halogens is 2. The highest BCUT2D eigenvalue weighted by Gasteiger charge is 2.25. The fourth-order valence-electron chi connectivity index (χ4n) is 6.02. The van der Waals surface area contributed by atoms with E-state index < -0.39 is 0 Å². The average molecular weight is 652 g/mol. The monoisotopic (exact) mass is 650 g/mol. The number of pyridine rings is 2. The molecule has 45 heavy (non-hydrogen) atoms. The molecule has 5 heterocycles. The van der Waals surface area contributed by atoms with Crippen LogP contribution in [0, 0.1) is 6.92 Å². The zero-order valence-corrected chi connectivity index (χ0v) is 27.5. The predicted octanol–water partition coefficient (Wildman–Crippen LogP) is 5.42. The van der Waals surface area contributed by atoms with Gasteiger partial charge in [-0.25, -0.2) is 4.98 Å². The molecule has 1 amide bonds. The number of hydrogen-bond acceptors (Lipinski definition) is 7. The van der Waals surface area contributed by atoms with Crippen LogP contribution in [-0.2, 0) is 6.54 Å². The number of fused-ring (bicyclic) bond motifs is 2. The first-order valence-corrected chi connectivity index (χ1v) is 15.2. The Balaban J connectivity index is 0.00000200.